The molecule has 0 bridgehead atoms. The van der Waals surface area contributed by atoms with Crippen molar-refractivity contribution in [3.8, 4) is 0 Å². The minimum atomic E-state index is -4.49. The van der Waals surface area contributed by atoms with Gasteiger partial charge in [-0.3, -0.25) is 15.1 Å². The van der Waals surface area contributed by atoms with Gasteiger partial charge in [0.2, 0.25) is 15.9 Å². The molecule has 0 unspecified atom stereocenters. The number of benzene rings is 2. The van der Waals surface area contributed by atoms with Crippen LogP contribution in [0.1, 0.15) is 44.2 Å². The number of alkyl halides is 3. The number of aromatic nitrogens is 1. The monoisotopic (exact) mass is 560 g/mol. The maximum Gasteiger partial charge on any atom is 0.416 e. The van der Waals surface area contributed by atoms with Crippen LogP contribution in [-0.2, 0) is 27.5 Å². The molecule has 1 atom stereocenters. The number of para-hydroxylation sites is 1. The molecule has 2 aliphatic rings. The number of carbonyl (C=O) groups is 1. The Morgan fingerprint density at radius 3 is 2.46 bits per heavy atom. The summed E-state index contributed by atoms with van der Waals surface area (Å²) in [4.78, 5) is 19.6. The highest BCUT2D eigenvalue weighted by molar-refractivity contribution is 7.89. The van der Waals surface area contributed by atoms with E-state index < -0.39 is 33.5 Å². The summed E-state index contributed by atoms with van der Waals surface area (Å²) >= 11 is 0. The standard InChI is InChI=1S/C28H31F3N4O3S/c1-19(2)16-23-26(36)35(18-20-6-3-9-22(17-20)28(29,30)31)27(33-23)11-14-34(15-12-27)39(37,38)24-10-4-7-21-8-5-13-32-25(21)24/h3-10,13,17,19,23,33H,11-12,14-16,18H2,1-2H3/t23-/m1/s1. The van der Waals surface area contributed by atoms with Gasteiger partial charge in [-0.1, -0.05) is 44.2 Å². The van der Waals surface area contributed by atoms with E-state index in [-0.39, 0.29) is 36.4 Å². The number of sulfonamides is 1. The summed E-state index contributed by atoms with van der Waals surface area (Å²) in [5.74, 6) is 0.0482. The summed E-state index contributed by atoms with van der Waals surface area (Å²) in [6.07, 6.45) is -1.74. The number of nitrogens with one attached hydrogen (secondary N) is 1. The van der Waals surface area contributed by atoms with Gasteiger partial charge in [-0.25, -0.2) is 8.42 Å². The number of pyridine rings is 1. The maximum atomic E-state index is 13.7. The molecule has 2 aromatic carbocycles. The largest absolute Gasteiger partial charge is 0.416 e. The molecule has 3 heterocycles. The molecule has 1 spiro atoms. The molecule has 1 aromatic heterocycles. The van der Waals surface area contributed by atoms with Gasteiger partial charge in [0.15, 0.2) is 0 Å². The van der Waals surface area contributed by atoms with Gasteiger partial charge in [0.1, 0.15) is 4.90 Å². The third-order valence-electron chi connectivity index (χ3n) is 7.59. The summed E-state index contributed by atoms with van der Waals surface area (Å²) in [6.45, 7) is 4.32. The molecule has 7 nitrogen and oxygen atoms in total. The summed E-state index contributed by atoms with van der Waals surface area (Å²) < 4.78 is 68.8. The molecule has 1 amide bonds. The third-order valence-corrected chi connectivity index (χ3v) is 9.52. The number of halogens is 3. The van der Waals surface area contributed by atoms with Crippen molar-refractivity contribution >= 4 is 26.8 Å². The highest BCUT2D eigenvalue weighted by Gasteiger charge is 2.52. The van der Waals surface area contributed by atoms with Crippen molar-refractivity contribution in [3.63, 3.8) is 0 Å². The van der Waals surface area contributed by atoms with Gasteiger partial charge in [0.05, 0.1) is 22.8 Å². The van der Waals surface area contributed by atoms with E-state index in [4.69, 9.17) is 0 Å². The molecular formula is C28H31F3N4O3S. The molecular weight excluding hydrogens is 529 g/mol. The minimum absolute atomic E-state index is 0.00431. The van der Waals surface area contributed by atoms with Gasteiger partial charge < -0.3 is 4.90 Å². The van der Waals surface area contributed by atoms with E-state index in [9.17, 15) is 26.4 Å². The van der Waals surface area contributed by atoms with Crippen LogP contribution in [0.2, 0.25) is 0 Å². The zero-order valence-corrected chi connectivity index (χ0v) is 22.6. The molecule has 0 saturated carbocycles. The molecule has 2 saturated heterocycles. The van der Waals surface area contributed by atoms with Gasteiger partial charge in [-0.05, 0) is 55.0 Å². The first kappa shape index (κ1) is 27.5. The Hall–Kier alpha value is -3.02. The molecule has 208 valence electrons. The predicted molar refractivity (Wildman–Crippen MR) is 141 cm³/mol. The topological polar surface area (TPSA) is 82.6 Å². The van der Waals surface area contributed by atoms with Crippen molar-refractivity contribution in [1.82, 2.24) is 19.5 Å². The Kier molecular flexibility index (Phi) is 7.19. The van der Waals surface area contributed by atoms with Crippen LogP contribution in [0.5, 0.6) is 0 Å². The van der Waals surface area contributed by atoms with Crippen molar-refractivity contribution in [2.24, 2.45) is 5.92 Å². The zero-order valence-electron chi connectivity index (χ0n) is 21.8. The molecule has 2 aliphatic heterocycles. The molecule has 39 heavy (non-hydrogen) atoms. The molecule has 3 aromatic rings. The zero-order chi connectivity index (χ0) is 28.0. The van der Waals surface area contributed by atoms with Gasteiger partial charge >= 0.3 is 6.18 Å². The lowest BCUT2D eigenvalue weighted by Crippen LogP contribution is -2.59. The summed E-state index contributed by atoms with van der Waals surface area (Å²) in [5, 5.41) is 4.19. The number of piperidine rings is 1. The van der Waals surface area contributed by atoms with Crippen LogP contribution in [0.3, 0.4) is 0 Å². The van der Waals surface area contributed by atoms with Crippen molar-refractivity contribution in [2.45, 2.75) is 62.4 Å². The Labute approximate surface area is 226 Å². The Morgan fingerprint density at radius 1 is 1.08 bits per heavy atom. The van der Waals surface area contributed by atoms with Crippen molar-refractivity contribution in [2.75, 3.05) is 13.1 Å². The fourth-order valence-corrected chi connectivity index (χ4v) is 7.29. The molecule has 0 radical (unpaired) electrons. The van der Waals surface area contributed by atoms with Crippen molar-refractivity contribution in [3.05, 3.63) is 71.9 Å². The first-order chi connectivity index (χ1) is 18.4. The number of amides is 1. The predicted octanol–water partition coefficient (Wildman–Crippen LogP) is 4.78. The number of carbonyl (C=O) groups excluding carboxylic acids is 1. The smallest absolute Gasteiger partial charge is 0.319 e. The second-order valence-corrected chi connectivity index (χ2v) is 12.6. The van der Waals surface area contributed by atoms with Crippen LogP contribution < -0.4 is 5.32 Å². The van der Waals surface area contributed by atoms with Crippen LogP contribution in [0.15, 0.2) is 65.7 Å². The normalized spacial score (nSPS) is 20.4. The third kappa shape index (κ3) is 5.27. The quantitative estimate of drug-likeness (QED) is 0.469. The van der Waals surface area contributed by atoms with E-state index in [1.165, 1.54) is 10.4 Å². The summed E-state index contributed by atoms with van der Waals surface area (Å²) in [7, 11) is -3.86. The Bertz CT molecular complexity index is 1480. The highest BCUT2D eigenvalue weighted by Crippen LogP contribution is 2.38. The van der Waals surface area contributed by atoms with Crippen LogP contribution in [-0.4, -0.2) is 53.3 Å². The van der Waals surface area contributed by atoms with Crippen LogP contribution in [0, 0.1) is 5.92 Å². The van der Waals surface area contributed by atoms with Crippen molar-refractivity contribution < 1.29 is 26.4 Å². The molecule has 11 heteroatoms. The number of hydrogen-bond acceptors (Lipinski definition) is 5. The maximum absolute atomic E-state index is 13.7. The summed E-state index contributed by atoms with van der Waals surface area (Å²) in [5.41, 5.74) is -0.843. The van der Waals surface area contributed by atoms with Crippen LogP contribution in [0.25, 0.3) is 10.9 Å². The van der Waals surface area contributed by atoms with Gasteiger partial charge in [0, 0.05) is 31.2 Å². The van der Waals surface area contributed by atoms with Gasteiger partial charge in [0.25, 0.3) is 0 Å². The fourth-order valence-electron chi connectivity index (χ4n) is 5.69. The van der Waals surface area contributed by atoms with E-state index in [2.05, 4.69) is 10.3 Å². The minimum Gasteiger partial charge on any atom is -0.319 e. The first-order valence-corrected chi connectivity index (χ1v) is 14.4. The van der Waals surface area contributed by atoms with Crippen LogP contribution >= 0.6 is 0 Å². The second kappa shape index (κ2) is 10.2. The van der Waals surface area contributed by atoms with E-state index in [0.29, 0.717) is 30.3 Å². The first-order valence-electron chi connectivity index (χ1n) is 13.0. The van der Waals surface area contributed by atoms with Crippen LogP contribution in [0.4, 0.5) is 13.2 Å². The molecule has 5 rings (SSSR count). The Morgan fingerprint density at radius 2 is 1.77 bits per heavy atom. The van der Waals surface area contributed by atoms with Gasteiger partial charge in [-0.2, -0.15) is 17.5 Å². The second-order valence-electron chi connectivity index (χ2n) is 10.7. The molecule has 2 fully saturated rings. The van der Waals surface area contributed by atoms with Gasteiger partial charge in [-0.15, -0.1) is 0 Å². The number of hydrogen-bond donors (Lipinski definition) is 1. The average Bonchev–Trinajstić information content (AvgIpc) is 3.13. The number of fused-ring (bicyclic) bond motifs is 1. The Balaban J connectivity index is 1.42. The molecule has 1 N–H and O–H groups in total. The number of nitrogens with zero attached hydrogens (tertiary/aromatic N) is 3. The molecule has 0 aliphatic carbocycles. The lowest BCUT2D eigenvalue weighted by molar-refractivity contribution is -0.137. The van der Waals surface area contributed by atoms with Crippen molar-refractivity contribution in [1.29, 1.82) is 0 Å². The highest BCUT2D eigenvalue weighted by atomic mass is 32.2. The number of rotatable bonds is 6. The van der Waals surface area contributed by atoms with E-state index >= 15 is 0 Å². The lowest BCUT2D eigenvalue weighted by atomic mass is 9.96. The fraction of sp³-hybridized carbons (Fsp3) is 0.429. The van der Waals surface area contributed by atoms with E-state index in [1.54, 1.807) is 47.5 Å². The summed E-state index contributed by atoms with van der Waals surface area (Å²) in [6, 6.07) is 13.1. The SMILES string of the molecule is CC(C)C[C@H]1NC2(CCN(S(=O)(=O)c3cccc4cccnc34)CC2)N(Cc2cccc(C(F)(F)F)c2)C1=O. The van der Waals surface area contributed by atoms with E-state index in [1.807, 2.05) is 13.8 Å². The lowest BCUT2D eigenvalue weighted by Gasteiger charge is -2.44. The van der Waals surface area contributed by atoms with E-state index in [0.717, 1.165) is 17.5 Å². The average molecular weight is 561 g/mol.